The molecule has 13 heteroatoms. The molecule has 200 valence electrons. The molecule has 0 aromatic heterocycles. The Labute approximate surface area is 203 Å². The van der Waals surface area contributed by atoms with Gasteiger partial charge in [-0.1, -0.05) is 12.1 Å². The van der Waals surface area contributed by atoms with Crippen molar-refractivity contribution in [2.24, 2.45) is 5.92 Å². The number of alkyl halides is 6. The van der Waals surface area contributed by atoms with Gasteiger partial charge < -0.3 is 9.47 Å². The number of halogens is 7. The van der Waals surface area contributed by atoms with Crippen molar-refractivity contribution in [3.63, 3.8) is 0 Å². The second kappa shape index (κ2) is 10.6. The average Bonchev–Trinajstić information content (AvgIpc) is 2.75. The van der Waals surface area contributed by atoms with Crippen LogP contribution in [0.1, 0.15) is 47.6 Å². The first-order chi connectivity index (χ1) is 16.5. The van der Waals surface area contributed by atoms with E-state index >= 15 is 0 Å². The molecule has 1 aliphatic rings. The van der Waals surface area contributed by atoms with Crippen molar-refractivity contribution in [3.8, 4) is 0 Å². The Morgan fingerprint density at radius 3 is 2.17 bits per heavy atom. The topological polar surface area (TPSA) is 61.8 Å². The van der Waals surface area contributed by atoms with Gasteiger partial charge in [-0.25, -0.2) is 4.39 Å². The zero-order chi connectivity index (χ0) is 26.9. The van der Waals surface area contributed by atoms with Crippen LogP contribution in [0.3, 0.4) is 0 Å². The van der Waals surface area contributed by atoms with Gasteiger partial charge in [0, 0.05) is 5.92 Å². The first kappa shape index (κ1) is 28.4. The average molecular weight is 544 g/mol. The smallest absolute Gasteiger partial charge is 0.352 e. The molecule has 0 saturated carbocycles. The molecule has 4 unspecified atom stereocenters. The molecule has 0 radical (unpaired) electrons. The molecular formula is C23H23F7O5S. The molecule has 5 nitrogen and oxygen atoms in total. The largest absolute Gasteiger partial charge is 0.416 e. The van der Waals surface area contributed by atoms with E-state index in [1.54, 1.807) is 0 Å². The van der Waals surface area contributed by atoms with E-state index in [0.717, 1.165) is 6.26 Å². The molecule has 0 aliphatic carbocycles. The van der Waals surface area contributed by atoms with Crippen LogP contribution in [0.25, 0.3) is 0 Å². The Morgan fingerprint density at radius 1 is 1.03 bits per heavy atom. The number of hydrogen-bond acceptors (Lipinski definition) is 5. The lowest BCUT2D eigenvalue weighted by Crippen LogP contribution is -2.39. The SMILES string of the molecule is CC(OC1OCCC(COS(C)(=O)=O)C1c1cccc(F)c1)c1cc(C(F)(F)F)cc(C(F)(F)F)c1. The van der Waals surface area contributed by atoms with Gasteiger partial charge in [0.15, 0.2) is 6.29 Å². The molecule has 0 N–H and O–H groups in total. The molecule has 1 heterocycles. The fourth-order valence-electron chi connectivity index (χ4n) is 4.00. The summed E-state index contributed by atoms with van der Waals surface area (Å²) in [5, 5.41) is 0. The molecule has 1 fully saturated rings. The van der Waals surface area contributed by atoms with Crippen LogP contribution in [0, 0.1) is 11.7 Å². The van der Waals surface area contributed by atoms with E-state index in [4.69, 9.17) is 13.7 Å². The summed E-state index contributed by atoms with van der Waals surface area (Å²) in [6.07, 6.45) is -11.5. The summed E-state index contributed by atoms with van der Waals surface area (Å²) in [6, 6.07) is 6.41. The summed E-state index contributed by atoms with van der Waals surface area (Å²) in [5.74, 6) is -2.01. The standard InChI is InChI=1S/C23H23F7O5S/c1-13(16-8-17(22(25,26)27)11-18(9-16)23(28,29)30)35-21-20(14-4-3-5-19(24)10-14)15(6-7-33-21)12-34-36(2,31)32/h3-5,8-11,13,15,20-21H,6-7,12H2,1-2H3. The van der Waals surface area contributed by atoms with Crippen molar-refractivity contribution in [3.05, 3.63) is 70.5 Å². The zero-order valence-corrected chi connectivity index (χ0v) is 19.9. The third kappa shape index (κ3) is 7.40. The monoisotopic (exact) mass is 544 g/mol. The van der Waals surface area contributed by atoms with E-state index in [0.29, 0.717) is 17.7 Å². The Balaban J connectivity index is 1.96. The van der Waals surface area contributed by atoms with Gasteiger partial charge in [-0.15, -0.1) is 0 Å². The minimum Gasteiger partial charge on any atom is -0.352 e. The van der Waals surface area contributed by atoms with Crippen LogP contribution in [0.5, 0.6) is 0 Å². The summed E-state index contributed by atoms with van der Waals surface area (Å²) in [4.78, 5) is 0. The molecule has 1 saturated heterocycles. The maximum absolute atomic E-state index is 14.0. The fourth-order valence-corrected chi connectivity index (χ4v) is 4.42. The van der Waals surface area contributed by atoms with Gasteiger partial charge in [0.05, 0.1) is 36.7 Å². The van der Waals surface area contributed by atoms with Gasteiger partial charge >= 0.3 is 12.4 Å². The van der Waals surface area contributed by atoms with Gasteiger partial charge in [0.25, 0.3) is 10.1 Å². The van der Waals surface area contributed by atoms with Crippen molar-refractivity contribution < 1.29 is 52.8 Å². The normalized spacial score (nSPS) is 22.4. The fraction of sp³-hybridized carbons (Fsp3) is 0.478. The molecule has 36 heavy (non-hydrogen) atoms. The maximum atomic E-state index is 14.0. The van der Waals surface area contributed by atoms with Crippen LogP contribution in [0.4, 0.5) is 30.7 Å². The molecule has 2 aromatic carbocycles. The van der Waals surface area contributed by atoms with Gasteiger partial charge in [0.2, 0.25) is 0 Å². The van der Waals surface area contributed by atoms with E-state index in [-0.39, 0.29) is 25.7 Å². The lowest BCUT2D eigenvalue weighted by molar-refractivity contribution is -0.211. The highest BCUT2D eigenvalue weighted by Crippen LogP contribution is 2.41. The highest BCUT2D eigenvalue weighted by atomic mass is 32.2. The van der Waals surface area contributed by atoms with Crippen molar-refractivity contribution in [2.75, 3.05) is 19.5 Å². The van der Waals surface area contributed by atoms with E-state index in [1.807, 2.05) is 0 Å². The summed E-state index contributed by atoms with van der Waals surface area (Å²) < 4.78 is 133. The maximum Gasteiger partial charge on any atom is 0.416 e. The molecule has 1 aliphatic heterocycles. The van der Waals surface area contributed by atoms with E-state index in [1.165, 1.54) is 31.2 Å². The van der Waals surface area contributed by atoms with Crippen LogP contribution < -0.4 is 0 Å². The van der Waals surface area contributed by atoms with Crippen molar-refractivity contribution in [2.45, 2.75) is 44.0 Å². The zero-order valence-electron chi connectivity index (χ0n) is 19.1. The van der Waals surface area contributed by atoms with Crippen LogP contribution in [0.15, 0.2) is 42.5 Å². The molecule has 0 amide bonds. The Bertz CT molecular complexity index is 1130. The molecule has 2 aromatic rings. The quantitative estimate of drug-likeness (QED) is 0.313. The summed E-state index contributed by atoms with van der Waals surface area (Å²) in [7, 11) is -3.83. The lowest BCUT2D eigenvalue weighted by Gasteiger charge is -2.39. The summed E-state index contributed by atoms with van der Waals surface area (Å²) in [5.41, 5.74) is -3.04. The minimum absolute atomic E-state index is 0.0153. The predicted molar refractivity (Wildman–Crippen MR) is 114 cm³/mol. The summed E-state index contributed by atoms with van der Waals surface area (Å²) >= 11 is 0. The molecule has 0 bridgehead atoms. The van der Waals surface area contributed by atoms with E-state index < -0.39 is 69.2 Å². The number of ether oxygens (including phenoxy) is 2. The molecule has 4 atom stereocenters. The van der Waals surface area contributed by atoms with E-state index in [2.05, 4.69) is 0 Å². The van der Waals surface area contributed by atoms with E-state index in [9.17, 15) is 39.2 Å². The molecule has 0 spiro atoms. The highest BCUT2D eigenvalue weighted by Gasteiger charge is 2.40. The van der Waals surface area contributed by atoms with Crippen LogP contribution in [0.2, 0.25) is 0 Å². The van der Waals surface area contributed by atoms with Crippen molar-refractivity contribution >= 4 is 10.1 Å². The first-order valence-electron chi connectivity index (χ1n) is 10.7. The van der Waals surface area contributed by atoms with Crippen molar-refractivity contribution in [1.29, 1.82) is 0 Å². The Morgan fingerprint density at radius 2 is 1.64 bits per heavy atom. The third-order valence-corrected chi connectivity index (χ3v) is 6.28. The highest BCUT2D eigenvalue weighted by molar-refractivity contribution is 7.85. The summed E-state index contributed by atoms with van der Waals surface area (Å²) in [6.45, 7) is 0.995. The van der Waals surface area contributed by atoms with Gasteiger partial charge in [0.1, 0.15) is 5.82 Å². The van der Waals surface area contributed by atoms with Crippen LogP contribution in [-0.4, -0.2) is 34.2 Å². The Kier molecular flexibility index (Phi) is 8.38. The van der Waals surface area contributed by atoms with Crippen LogP contribution in [-0.2, 0) is 36.1 Å². The third-order valence-electron chi connectivity index (χ3n) is 5.72. The van der Waals surface area contributed by atoms with Gasteiger partial charge in [-0.05, 0) is 60.7 Å². The second-order valence-electron chi connectivity index (χ2n) is 8.47. The number of rotatable bonds is 7. The number of hydrogen-bond donors (Lipinski definition) is 0. The predicted octanol–water partition coefficient (Wildman–Crippen LogP) is 6.06. The van der Waals surface area contributed by atoms with Gasteiger partial charge in [-0.2, -0.15) is 34.8 Å². The number of benzene rings is 2. The Hall–Kier alpha value is -2.22. The molecular weight excluding hydrogens is 521 g/mol. The van der Waals surface area contributed by atoms with Gasteiger partial charge in [-0.3, -0.25) is 4.18 Å². The van der Waals surface area contributed by atoms with Crippen molar-refractivity contribution in [1.82, 2.24) is 0 Å². The first-order valence-corrected chi connectivity index (χ1v) is 12.5. The minimum atomic E-state index is -5.03. The molecule has 3 rings (SSSR count). The van der Waals surface area contributed by atoms with Crippen LogP contribution >= 0.6 is 0 Å². The lowest BCUT2D eigenvalue weighted by atomic mass is 9.82. The second-order valence-corrected chi connectivity index (χ2v) is 10.1.